The topological polar surface area (TPSA) is 47.2 Å². The van der Waals surface area contributed by atoms with Gasteiger partial charge in [0.05, 0.1) is 16.6 Å². The van der Waals surface area contributed by atoms with Gasteiger partial charge in [0.1, 0.15) is 5.69 Å². The van der Waals surface area contributed by atoms with Crippen molar-refractivity contribution in [3.63, 3.8) is 0 Å². The van der Waals surface area contributed by atoms with Crippen molar-refractivity contribution in [3.05, 3.63) is 36.0 Å². The van der Waals surface area contributed by atoms with E-state index in [0.29, 0.717) is 5.69 Å². The van der Waals surface area contributed by atoms with Crippen molar-refractivity contribution in [2.75, 3.05) is 0 Å². The van der Waals surface area contributed by atoms with Crippen molar-refractivity contribution in [1.82, 2.24) is 9.13 Å². The first-order chi connectivity index (χ1) is 9.02. The normalized spacial score (nSPS) is 11.8. The van der Waals surface area contributed by atoms with E-state index in [9.17, 15) is 9.90 Å². The Hall–Kier alpha value is -2.23. The van der Waals surface area contributed by atoms with Crippen LogP contribution in [0.2, 0.25) is 0 Å². The number of aromatic carboxylic acids is 1. The summed E-state index contributed by atoms with van der Waals surface area (Å²) in [6, 6.07) is 9.95. The van der Waals surface area contributed by atoms with Crippen LogP contribution in [0.1, 0.15) is 30.4 Å². The molecule has 2 heterocycles. The van der Waals surface area contributed by atoms with Gasteiger partial charge >= 0.3 is 5.97 Å². The zero-order valence-corrected chi connectivity index (χ0v) is 11.2. The van der Waals surface area contributed by atoms with Gasteiger partial charge in [0.15, 0.2) is 0 Å². The maximum absolute atomic E-state index is 11.4. The highest BCUT2D eigenvalue weighted by atomic mass is 16.4. The Bertz CT molecular complexity index is 793. The van der Waals surface area contributed by atoms with Gasteiger partial charge in [-0.3, -0.25) is 0 Å². The fraction of sp³-hybridized carbons (Fsp3) is 0.267. The summed E-state index contributed by atoms with van der Waals surface area (Å²) in [6.07, 6.45) is 0. The van der Waals surface area contributed by atoms with Crippen LogP contribution in [0.3, 0.4) is 0 Å². The number of carboxylic acid groups (broad SMARTS) is 1. The van der Waals surface area contributed by atoms with E-state index in [1.807, 2.05) is 43.7 Å². The standard InChI is InChI=1S/C15H16N2O2/c1-9(2)17-13(15(18)19)8-12-14(17)10-6-4-5-7-11(10)16(12)3/h4-9H,1-3H3,(H,18,19). The van der Waals surface area contributed by atoms with E-state index in [1.54, 1.807) is 6.07 Å². The second-order valence-electron chi connectivity index (χ2n) is 5.11. The highest BCUT2D eigenvalue weighted by Gasteiger charge is 2.21. The Kier molecular flexibility index (Phi) is 2.42. The van der Waals surface area contributed by atoms with Crippen LogP contribution in [0.25, 0.3) is 21.9 Å². The number of carbonyl (C=O) groups is 1. The molecular weight excluding hydrogens is 240 g/mol. The number of fused-ring (bicyclic) bond motifs is 3. The van der Waals surface area contributed by atoms with E-state index in [-0.39, 0.29) is 6.04 Å². The van der Waals surface area contributed by atoms with Crippen molar-refractivity contribution in [3.8, 4) is 0 Å². The number of nitrogens with zero attached hydrogens (tertiary/aromatic N) is 2. The Morgan fingerprint density at radius 2 is 1.89 bits per heavy atom. The lowest BCUT2D eigenvalue weighted by molar-refractivity contribution is 0.0684. The largest absolute Gasteiger partial charge is 0.477 e. The molecule has 98 valence electrons. The van der Waals surface area contributed by atoms with Crippen molar-refractivity contribution in [2.24, 2.45) is 7.05 Å². The van der Waals surface area contributed by atoms with Crippen LogP contribution in [0, 0.1) is 0 Å². The molecule has 0 aliphatic rings. The van der Waals surface area contributed by atoms with E-state index >= 15 is 0 Å². The predicted octanol–water partition coefficient (Wildman–Crippen LogP) is 3.41. The molecule has 0 aliphatic heterocycles. The maximum atomic E-state index is 11.4. The average Bonchev–Trinajstić information content (AvgIpc) is 2.88. The highest BCUT2D eigenvalue weighted by molar-refractivity contribution is 6.09. The molecule has 0 atom stereocenters. The molecule has 0 radical (unpaired) electrons. The summed E-state index contributed by atoms with van der Waals surface area (Å²) >= 11 is 0. The highest BCUT2D eigenvalue weighted by Crippen LogP contribution is 2.33. The Balaban J connectivity index is 2.55. The molecule has 0 fully saturated rings. The van der Waals surface area contributed by atoms with Gasteiger partial charge in [0.2, 0.25) is 0 Å². The summed E-state index contributed by atoms with van der Waals surface area (Å²) in [5.41, 5.74) is 3.44. The lowest BCUT2D eigenvalue weighted by Gasteiger charge is -2.11. The molecule has 0 bridgehead atoms. The van der Waals surface area contributed by atoms with Crippen molar-refractivity contribution in [2.45, 2.75) is 19.9 Å². The van der Waals surface area contributed by atoms with Crippen LogP contribution in [0.4, 0.5) is 0 Å². The molecule has 0 spiro atoms. The molecule has 0 saturated carbocycles. The molecule has 3 aromatic rings. The number of benzene rings is 1. The SMILES string of the molecule is CC(C)n1c(C(=O)O)cc2c1c1ccccc1n2C. The maximum Gasteiger partial charge on any atom is 0.352 e. The second-order valence-corrected chi connectivity index (χ2v) is 5.11. The fourth-order valence-electron chi connectivity index (χ4n) is 2.83. The number of aromatic nitrogens is 2. The summed E-state index contributed by atoms with van der Waals surface area (Å²) < 4.78 is 3.95. The second kappa shape index (κ2) is 3.88. The van der Waals surface area contributed by atoms with Gasteiger partial charge in [-0.2, -0.15) is 0 Å². The average molecular weight is 256 g/mol. The number of aryl methyl sites for hydroxylation is 1. The molecule has 0 aliphatic carbocycles. The molecule has 0 amide bonds. The van der Waals surface area contributed by atoms with Gasteiger partial charge in [0.25, 0.3) is 0 Å². The van der Waals surface area contributed by atoms with Crippen LogP contribution in [-0.4, -0.2) is 20.2 Å². The minimum Gasteiger partial charge on any atom is -0.477 e. The minimum atomic E-state index is -0.881. The van der Waals surface area contributed by atoms with E-state index in [4.69, 9.17) is 0 Å². The summed E-state index contributed by atoms with van der Waals surface area (Å²) in [4.78, 5) is 11.4. The van der Waals surface area contributed by atoms with Crippen LogP contribution >= 0.6 is 0 Å². The molecule has 1 N–H and O–H groups in total. The zero-order chi connectivity index (χ0) is 13.7. The lowest BCUT2D eigenvalue weighted by atomic mass is 10.2. The first-order valence-electron chi connectivity index (χ1n) is 6.34. The third-order valence-corrected chi connectivity index (χ3v) is 3.63. The van der Waals surface area contributed by atoms with Crippen molar-refractivity contribution >= 4 is 27.9 Å². The van der Waals surface area contributed by atoms with Crippen LogP contribution < -0.4 is 0 Å². The van der Waals surface area contributed by atoms with Gasteiger partial charge in [0, 0.05) is 18.5 Å². The molecule has 3 rings (SSSR count). The van der Waals surface area contributed by atoms with E-state index < -0.39 is 5.97 Å². The van der Waals surface area contributed by atoms with Crippen LogP contribution in [-0.2, 0) is 7.05 Å². The molecule has 4 nitrogen and oxygen atoms in total. The molecule has 0 saturated heterocycles. The fourth-order valence-corrected chi connectivity index (χ4v) is 2.83. The first-order valence-corrected chi connectivity index (χ1v) is 6.34. The van der Waals surface area contributed by atoms with Gasteiger partial charge in [-0.1, -0.05) is 18.2 Å². The van der Waals surface area contributed by atoms with Gasteiger partial charge in [-0.15, -0.1) is 0 Å². The molecule has 4 heteroatoms. The summed E-state index contributed by atoms with van der Waals surface area (Å²) in [6.45, 7) is 4.02. The quantitative estimate of drug-likeness (QED) is 0.763. The summed E-state index contributed by atoms with van der Waals surface area (Å²) in [7, 11) is 1.97. The number of rotatable bonds is 2. The van der Waals surface area contributed by atoms with Crippen LogP contribution in [0.5, 0.6) is 0 Å². The Morgan fingerprint density at radius 1 is 1.21 bits per heavy atom. The molecule has 19 heavy (non-hydrogen) atoms. The Labute approximate surface area is 110 Å². The first kappa shape index (κ1) is 11.8. The van der Waals surface area contributed by atoms with E-state index in [1.165, 1.54) is 0 Å². The van der Waals surface area contributed by atoms with E-state index in [0.717, 1.165) is 21.9 Å². The molecule has 0 unspecified atom stereocenters. The molecule has 1 aromatic carbocycles. The predicted molar refractivity (Wildman–Crippen MR) is 75.8 cm³/mol. The summed E-state index contributed by atoms with van der Waals surface area (Å²) in [5.74, 6) is -0.881. The van der Waals surface area contributed by atoms with Crippen molar-refractivity contribution < 1.29 is 9.90 Å². The lowest BCUT2D eigenvalue weighted by Crippen LogP contribution is -2.10. The number of hydrogen-bond donors (Lipinski definition) is 1. The van der Waals surface area contributed by atoms with Gasteiger partial charge < -0.3 is 14.2 Å². The Morgan fingerprint density at radius 3 is 2.53 bits per heavy atom. The van der Waals surface area contributed by atoms with Crippen LogP contribution in [0.15, 0.2) is 30.3 Å². The number of carboxylic acids is 1. The minimum absolute atomic E-state index is 0.106. The molecule has 2 aromatic heterocycles. The monoisotopic (exact) mass is 256 g/mol. The van der Waals surface area contributed by atoms with Gasteiger partial charge in [-0.25, -0.2) is 4.79 Å². The third kappa shape index (κ3) is 1.49. The smallest absolute Gasteiger partial charge is 0.352 e. The number of hydrogen-bond acceptors (Lipinski definition) is 1. The summed E-state index contributed by atoms with van der Waals surface area (Å²) in [5, 5.41) is 10.5. The zero-order valence-electron chi connectivity index (χ0n) is 11.2. The van der Waals surface area contributed by atoms with Gasteiger partial charge in [-0.05, 0) is 26.0 Å². The number of para-hydroxylation sites is 1. The van der Waals surface area contributed by atoms with E-state index in [2.05, 4.69) is 10.6 Å². The molecular formula is C15H16N2O2. The van der Waals surface area contributed by atoms with Crippen molar-refractivity contribution in [1.29, 1.82) is 0 Å². The third-order valence-electron chi connectivity index (χ3n) is 3.63.